The van der Waals surface area contributed by atoms with Crippen molar-refractivity contribution in [1.82, 2.24) is 15.5 Å². The summed E-state index contributed by atoms with van der Waals surface area (Å²) in [6, 6.07) is 17.7. The zero-order chi connectivity index (χ0) is 18.2. The van der Waals surface area contributed by atoms with Crippen LogP contribution in [0.5, 0.6) is 0 Å². The van der Waals surface area contributed by atoms with Gasteiger partial charge in [0.05, 0.1) is 19.3 Å². The van der Waals surface area contributed by atoms with Crippen molar-refractivity contribution in [3.8, 4) is 0 Å². The number of carbonyl (C=O) groups is 1. The van der Waals surface area contributed by atoms with E-state index in [0.717, 1.165) is 31.9 Å². The number of halogens is 1. The molecular weight excluding hydrogens is 350 g/mol. The van der Waals surface area contributed by atoms with Crippen LogP contribution in [0.2, 0.25) is 5.02 Å². The van der Waals surface area contributed by atoms with Gasteiger partial charge in [-0.25, -0.2) is 4.79 Å². The smallest absolute Gasteiger partial charge is 0.315 e. The first-order valence-corrected chi connectivity index (χ1v) is 9.23. The van der Waals surface area contributed by atoms with Gasteiger partial charge < -0.3 is 15.4 Å². The summed E-state index contributed by atoms with van der Waals surface area (Å²) in [6.07, 6.45) is 0. The molecule has 1 aliphatic rings. The molecule has 1 heterocycles. The number of benzene rings is 2. The maximum absolute atomic E-state index is 12.2. The second kappa shape index (κ2) is 9.57. The fourth-order valence-electron chi connectivity index (χ4n) is 3.06. The molecule has 2 amide bonds. The van der Waals surface area contributed by atoms with Crippen molar-refractivity contribution in [3.63, 3.8) is 0 Å². The Morgan fingerprint density at radius 1 is 1.04 bits per heavy atom. The van der Waals surface area contributed by atoms with Crippen LogP contribution in [0.25, 0.3) is 0 Å². The summed E-state index contributed by atoms with van der Waals surface area (Å²) in [6.45, 7) is 4.21. The van der Waals surface area contributed by atoms with E-state index in [4.69, 9.17) is 16.3 Å². The quantitative estimate of drug-likeness (QED) is 0.817. The minimum Gasteiger partial charge on any atom is -0.379 e. The van der Waals surface area contributed by atoms with Gasteiger partial charge in [-0.1, -0.05) is 54.1 Å². The molecule has 2 N–H and O–H groups in total. The third kappa shape index (κ3) is 5.46. The van der Waals surface area contributed by atoms with Gasteiger partial charge in [0.15, 0.2) is 0 Å². The van der Waals surface area contributed by atoms with Crippen molar-refractivity contribution >= 4 is 17.6 Å². The van der Waals surface area contributed by atoms with Crippen LogP contribution in [0.3, 0.4) is 0 Å². The highest BCUT2D eigenvalue weighted by Crippen LogP contribution is 2.21. The summed E-state index contributed by atoms with van der Waals surface area (Å²) in [5.74, 6) is 0. The van der Waals surface area contributed by atoms with Crippen molar-refractivity contribution in [3.05, 3.63) is 70.7 Å². The maximum atomic E-state index is 12.2. The second-order valence-electron chi connectivity index (χ2n) is 6.26. The number of rotatable bonds is 6. The number of hydrogen-bond acceptors (Lipinski definition) is 3. The number of carbonyl (C=O) groups excluding carboxylic acids is 1. The van der Waals surface area contributed by atoms with Crippen LogP contribution in [0.1, 0.15) is 17.2 Å². The third-order valence-corrected chi connectivity index (χ3v) is 4.75. The molecule has 26 heavy (non-hydrogen) atoms. The van der Waals surface area contributed by atoms with Gasteiger partial charge in [0, 0.05) is 31.2 Å². The Morgan fingerprint density at radius 3 is 2.42 bits per heavy atom. The van der Waals surface area contributed by atoms with E-state index in [0.29, 0.717) is 18.1 Å². The molecule has 1 unspecified atom stereocenters. The van der Waals surface area contributed by atoms with Gasteiger partial charge in [0.25, 0.3) is 0 Å². The Balaban J connectivity index is 1.54. The highest BCUT2D eigenvalue weighted by atomic mass is 35.5. The third-order valence-electron chi connectivity index (χ3n) is 4.49. The summed E-state index contributed by atoms with van der Waals surface area (Å²) in [7, 11) is 0. The largest absolute Gasteiger partial charge is 0.379 e. The number of ether oxygens (including phenoxy) is 1. The van der Waals surface area contributed by atoms with Crippen LogP contribution in [0, 0.1) is 0 Å². The maximum Gasteiger partial charge on any atom is 0.315 e. The van der Waals surface area contributed by atoms with Crippen molar-refractivity contribution in [1.29, 1.82) is 0 Å². The van der Waals surface area contributed by atoms with Crippen LogP contribution in [-0.4, -0.2) is 43.8 Å². The predicted molar refractivity (Wildman–Crippen MR) is 103 cm³/mol. The van der Waals surface area contributed by atoms with E-state index in [1.165, 1.54) is 5.56 Å². The van der Waals surface area contributed by atoms with Crippen LogP contribution in [-0.2, 0) is 11.3 Å². The molecular formula is C20H24ClN3O2. The normalized spacial score (nSPS) is 16.0. The first kappa shape index (κ1) is 18.7. The summed E-state index contributed by atoms with van der Waals surface area (Å²) >= 11 is 5.88. The number of nitrogens with zero attached hydrogens (tertiary/aromatic N) is 1. The van der Waals surface area contributed by atoms with Crippen LogP contribution >= 0.6 is 11.6 Å². The number of amides is 2. The van der Waals surface area contributed by atoms with Gasteiger partial charge in [0.2, 0.25) is 0 Å². The average molecular weight is 374 g/mol. The van der Waals surface area contributed by atoms with E-state index in [1.54, 1.807) is 0 Å². The van der Waals surface area contributed by atoms with E-state index in [9.17, 15) is 4.79 Å². The lowest BCUT2D eigenvalue weighted by atomic mass is 10.0. The molecule has 5 nitrogen and oxygen atoms in total. The molecule has 0 aliphatic carbocycles. The topological polar surface area (TPSA) is 53.6 Å². The first-order valence-electron chi connectivity index (χ1n) is 8.85. The molecule has 3 rings (SSSR count). The van der Waals surface area contributed by atoms with Crippen LogP contribution in [0.15, 0.2) is 54.6 Å². The Morgan fingerprint density at radius 2 is 1.73 bits per heavy atom. The van der Waals surface area contributed by atoms with Gasteiger partial charge in [-0.3, -0.25) is 4.90 Å². The van der Waals surface area contributed by atoms with Crippen molar-refractivity contribution in [2.45, 2.75) is 12.6 Å². The fourth-order valence-corrected chi connectivity index (χ4v) is 3.18. The lowest BCUT2D eigenvalue weighted by Gasteiger charge is -2.34. The predicted octanol–water partition coefficient (Wildman–Crippen LogP) is 3.21. The standard InChI is InChI=1S/C20H24ClN3O2/c21-18-8-6-16(7-9-18)14-22-20(25)23-15-19(17-4-2-1-3-5-17)24-10-12-26-13-11-24/h1-9,19H,10-15H2,(H2,22,23,25). The molecule has 2 aromatic carbocycles. The van der Waals surface area contributed by atoms with E-state index in [1.807, 2.05) is 42.5 Å². The van der Waals surface area contributed by atoms with Gasteiger partial charge in [-0.05, 0) is 23.3 Å². The van der Waals surface area contributed by atoms with Gasteiger partial charge in [0.1, 0.15) is 0 Å². The molecule has 138 valence electrons. The van der Waals surface area contributed by atoms with E-state index in [2.05, 4.69) is 27.7 Å². The summed E-state index contributed by atoms with van der Waals surface area (Å²) < 4.78 is 5.46. The summed E-state index contributed by atoms with van der Waals surface area (Å²) in [5, 5.41) is 6.58. The lowest BCUT2D eigenvalue weighted by Crippen LogP contribution is -2.45. The number of morpholine rings is 1. The zero-order valence-electron chi connectivity index (χ0n) is 14.7. The van der Waals surface area contributed by atoms with Crippen LogP contribution in [0.4, 0.5) is 4.79 Å². The summed E-state index contributed by atoms with van der Waals surface area (Å²) in [4.78, 5) is 14.6. The minimum absolute atomic E-state index is 0.140. The number of hydrogen-bond donors (Lipinski definition) is 2. The molecule has 6 heteroatoms. The van der Waals surface area contributed by atoms with E-state index < -0.39 is 0 Å². The number of nitrogens with one attached hydrogen (secondary N) is 2. The van der Waals surface area contributed by atoms with Gasteiger partial charge in [-0.2, -0.15) is 0 Å². The highest BCUT2D eigenvalue weighted by molar-refractivity contribution is 6.30. The molecule has 0 bridgehead atoms. The first-order chi connectivity index (χ1) is 12.7. The van der Waals surface area contributed by atoms with Crippen molar-refractivity contribution < 1.29 is 9.53 Å². The van der Waals surface area contributed by atoms with E-state index in [-0.39, 0.29) is 12.1 Å². The van der Waals surface area contributed by atoms with E-state index >= 15 is 0 Å². The Kier molecular flexibility index (Phi) is 6.89. The Labute approximate surface area is 159 Å². The zero-order valence-corrected chi connectivity index (χ0v) is 15.4. The molecule has 0 saturated carbocycles. The van der Waals surface area contributed by atoms with Crippen LogP contribution < -0.4 is 10.6 Å². The lowest BCUT2D eigenvalue weighted by molar-refractivity contribution is 0.0167. The average Bonchev–Trinajstić information content (AvgIpc) is 2.69. The van der Waals surface area contributed by atoms with Crippen molar-refractivity contribution in [2.75, 3.05) is 32.8 Å². The molecule has 1 atom stereocenters. The van der Waals surface area contributed by atoms with Gasteiger partial charge in [-0.15, -0.1) is 0 Å². The van der Waals surface area contributed by atoms with Gasteiger partial charge >= 0.3 is 6.03 Å². The number of urea groups is 1. The molecule has 1 saturated heterocycles. The Bertz CT molecular complexity index is 688. The molecule has 2 aromatic rings. The SMILES string of the molecule is O=C(NCc1ccc(Cl)cc1)NCC(c1ccccc1)N1CCOCC1. The van der Waals surface area contributed by atoms with Crippen molar-refractivity contribution in [2.24, 2.45) is 0 Å². The molecule has 1 fully saturated rings. The molecule has 1 aliphatic heterocycles. The minimum atomic E-state index is -0.172. The monoisotopic (exact) mass is 373 g/mol. The molecule has 0 spiro atoms. The second-order valence-corrected chi connectivity index (χ2v) is 6.70. The molecule has 0 radical (unpaired) electrons. The Hall–Kier alpha value is -2.08. The molecule has 0 aromatic heterocycles. The highest BCUT2D eigenvalue weighted by Gasteiger charge is 2.22. The fraction of sp³-hybridized carbons (Fsp3) is 0.350. The summed E-state index contributed by atoms with van der Waals surface area (Å²) in [5.41, 5.74) is 2.21.